The zero-order valence-electron chi connectivity index (χ0n) is 13.4. The number of sulfonamides is 1. The number of carbonyl (C=O) groups is 1. The predicted molar refractivity (Wildman–Crippen MR) is 91.4 cm³/mol. The van der Waals surface area contributed by atoms with Crippen molar-refractivity contribution in [2.75, 3.05) is 19.8 Å². The van der Waals surface area contributed by atoms with Gasteiger partial charge in [0, 0.05) is 23.7 Å². The number of rotatable bonds is 4. The normalized spacial score (nSPS) is 19.1. The van der Waals surface area contributed by atoms with Gasteiger partial charge < -0.3 is 4.74 Å². The number of hydrogen-bond acceptors (Lipinski definition) is 4. The van der Waals surface area contributed by atoms with E-state index in [1.807, 2.05) is 13.0 Å². The summed E-state index contributed by atoms with van der Waals surface area (Å²) in [6, 6.07) is 13.6. The van der Waals surface area contributed by atoms with Crippen LogP contribution in [0.5, 0.6) is 0 Å². The Balaban J connectivity index is 2.06. The maximum absolute atomic E-state index is 13.1. The molecule has 0 saturated carbocycles. The molecule has 1 aliphatic rings. The van der Waals surface area contributed by atoms with Crippen molar-refractivity contribution >= 4 is 16.3 Å². The van der Waals surface area contributed by atoms with Gasteiger partial charge in [-0.2, -0.15) is 4.31 Å². The van der Waals surface area contributed by atoms with E-state index < -0.39 is 10.0 Å². The van der Waals surface area contributed by atoms with Crippen molar-refractivity contribution in [1.29, 1.82) is 0 Å². The number of morpholine rings is 1. The van der Waals surface area contributed by atoms with Gasteiger partial charge >= 0.3 is 0 Å². The van der Waals surface area contributed by atoms with Crippen LogP contribution in [0, 0.1) is 0 Å². The Morgan fingerprint density at radius 2 is 1.83 bits per heavy atom. The van der Waals surface area contributed by atoms with Crippen LogP contribution in [0.2, 0.25) is 0 Å². The molecular weight excluding hydrogens is 326 g/mol. The van der Waals surface area contributed by atoms with Crippen LogP contribution in [-0.2, 0) is 14.8 Å². The van der Waals surface area contributed by atoms with Crippen molar-refractivity contribution in [2.45, 2.75) is 17.9 Å². The highest BCUT2D eigenvalue weighted by molar-refractivity contribution is 7.89. The third-order valence-electron chi connectivity index (χ3n) is 4.14. The van der Waals surface area contributed by atoms with Gasteiger partial charge in [0.25, 0.3) is 0 Å². The summed E-state index contributed by atoms with van der Waals surface area (Å²) in [5.74, 6) is 0. The fourth-order valence-electron chi connectivity index (χ4n) is 2.87. The van der Waals surface area contributed by atoms with Gasteiger partial charge in [-0.3, -0.25) is 4.79 Å². The molecule has 0 N–H and O–H groups in total. The smallest absolute Gasteiger partial charge is 0.244 e. The molecule has 0 radical (unpaired) electrons. The molecule has 2 aromatic rings. The Hall–Kier alpha value is -2.02. The van der Waals surface area contributed by atoms with Crippen LogP contribution in [0.25, 0.3) is 11.1 Å². The van der Waals surface area contributed by atoms with Crippen molar-refractivity contribution in [1.82, 2.24) is 4.31 Å². The van der Waals surface area contributed by atoms with E-state index in [0.717, 1.165) is 11.8 Å². The van der Waals surface area contributed by atoms with E-state index in [-0.39, 0.29) is 10.9 Å². The summed E-state index contributed by atoms with van der Waals surface area (Å²) >= 11 is 0. The molecular formula is C18H19NO4S. The fraction of sp³-hybridized carbons (Fsp3) is 0.278. The van der Waals surface area contributed by atoms with Crippen LogP contribution in [0.1, 0.15) is 17.3 Å². The summed E-state index contributed by atoms with van der Waals surface area (Å²) in [4.78, 5) is 11.1. The van der Waals surface area contributed by atoms with E-state index in [2.05, 4.69) is 0 Å². The van der Waals surface area contributed by atoms with Gasteiger partial charge in [0.1, 0.15) is 6.29 Å². The number of carbonyl (C=O) groups excluding carboxylic acids is 1. The lowest BCUT2D eigenvalue weighted by Gasteiger charge is -2.32. The summed E-state index contributed by atoms with van der Waals surface area (Å²) in [5.41, 5.74) is 1.95. The van der Waals surface area contributed by atoms with E-state index in [4.69, 9.17) is 4.74 Å². The Morgan fingerprint density at radius 1 is 1.12 bits per heavy atom. The molecule has 1 unspecified atom stereocenters. The van der Waals surface area contributed by atoms with E-state index in [1.54, 1.807) is 42.5 Å². The summed E-state index contributed by atoms with van der Waals surface area (Å²) in [6.45, 7) is 3.00. The standard InChI is InChI=1S/C18H19NO4S/c1-14-13-23-11-10-19(14)24(21,22)18-5-3-2-4-17(18)16-8-6-15(12-20)7-9-16/h2-9,12,14H,10-11,13H2,1H3. The second-order valence-electron chi connectivity index (χ2n) is 5.78. The lowest BCUT2D eigenvalue weighted by Crippen LogP contribution is -2.47. The number of ether oxygens (including phenoxy) is 1. The molecule has 2 aromatic carbocycles. The minimum Gasteiger partial charge on any atom is -0.378 e. The van der Waals surface area contributed by atoms with Gasteiger partial charge in [0.05, 0.1) is 18.1 Å². The lowest BCUT2D eigenvalue weighted by molar-refractivity contribution is 0.0393. The number of aldehydes is 1. The van der Waals surface area contributed by atoms with Crippen LogP contribution in [0.15, 0.2) is 53.4 Å². The van der Waals surface area contributed by atoms with Gasteiger partial charge in [-0.25, -0.2) is 8.42 Å². The average Bonchev–Trinajstić information content (AvgIpc) is 2.62. The van der Waals surface area contributed by atoms with Crippen LogP contribution >= 0.6 is 0 Å². The maximum atomic E-state index is 13.1. The first-order chi connectivity index (χ1) is 11.5. The quantitative estimate of drug-likeness (QED) is 0.799. The maximum Gasteiger partial charge on any atom is 0.244 e. The molecule has 126 valence electrons. The minimum atomic E-state index is -3.62. The molecule has 1 saturated heterocycles. The molecule has 6 heteroatoms. The first-order valence-corrected chi connectivity index (χ1v) is 9.22. The zero-order chi connectivity index (χ0) is 17.2. The Kier molecular flexibility index (Phi) is 4.80. The van der Waals surface area contributed by atoms with E-state index >= 15 is 0 Å². The summed E-state index contributed by atoms with van der Waals surface area (Å²) in [7, 11) is -3.62. The molecule has 0 spiro atoms. The Bertz CT molecular complexity index is 830. The Labute approximate surface area is 141 Å². The van der Waals surface area contributed by atoms with Crippen molar-refractivity contribution in [3.05, 3.63) is 54.1 Å². The number of benzene rings is 2. The second-order valence-corrected chi connectivity index (χ2v) is 7.63. The minimum absolute atomic E-state index is 0.200. The van der Waals surface area contributed by atoms with Crippen LogP contribution < -0.4 is 0 Å². The van der Waals surface area contributed by atoms with Crippen LogP contribution in [-0.4, -0.2) is 44.8 Å². The predicted octanol–water partition coefficient (Wildman–Crippen LogP) is 2.58. The summed E-state index contributed by atoms with van der Waals surface area (Å²) in [5, 5.41) is 0. The number of nitrogens with zero attached hydrogens (tertiary/aromatic N) is 1. The van der Waals surface area contributed by atoms with Crippen LogP contribution in [0.3, 0.4) is 0 Å². The Morgan fingerprint density at radius 3 is 2.50 bits per heavy atom. The van der Waals surface area contributed by atoms with Crippen molar-refractivity contribution < 1.29 is 17.9 Å². The molecule has 0 bridgehead atoms. The summed E-state index contributed by atoms with van der Waals surface area (Å²) < 4.78 is 33.1. The van der Waals surface area contributed by atoms with Gasteiger partial charge in [-0.1, -0.05) is 42.5 Å². The molecule has 1 atom stereocenters. The van der Waals surface area contributed by atoms with Gasteiger partial charge in [0.15, 0.2) is 0 Å². The van der Waals surface area contributed by atoms with E-state index in [9.17, 15) is 13.2 Å². The largest absolute Gasteiger partial charge is 0.378 e. The third-order valence-corrected chi connectivity index (χ3v) is 6.21. The topological polar surface area (TPSA) is 63.7 Å². The summed E-state index contributed by atoms with van der Waals surface area (Å²) in [6.07, 6.45) is 0.766. The van der Waals surface area contributed by atoms with E-state index in [1.165, 1.54) is 4.31 Å². The average molecular weight is 345 g/mol. The van der Waals surface area contributed by atoms with Crippen molar-refractivity contribution in [3.8, 4) is 11.1 Å². The van der Waals surface area contributed by atoms with Crippen molar-refractivity contribution in [3.63, 3.8) is 0 Å². The molecule has 1 aliphatic heterocycles. The molecule has 24 heavy (non-hydrogen) atoms. The highest BCUT2D eigenvalue weighted by Crippen LogP contribution is 2.30. The molecule has 1 fully saturated rings. The first kappa shape index (κ1) is 16.8. The highest BCUT2D eigenvalue weighted by atomic mass is 32.2. The van der Waals surface area contributed by atoms with E-state index in [0.29, 0.717) is 30.9 Å². The van der Waals surface area contributed by atoms with Gasteiger partial charge in [-0.05, 0) is 18.6 Å². The van der Waals surface area contributed by atoms with Gasteiger partial charge in [-0.15, -0.1) is 0 Å². The van der Waals surface area contributed by atoms with Crippen LogP contribution in [0.4, 0.5) is 0 Å². The number of hydrogen-bond donors (Lipinski definition) is 0. The second kappa shape index (κ2) is 6.84. The van der Waals surface area contributed by atoms with Gasteiger partial charge in [0.2, 0.25) is 10.0 Å². The third kappa shape index (κ3) is 3.13. The fourth-order valence-corrected chi connectivity index (χ4v) is 4.68. The molecule has 0 amide bonds. The molecule has 1 heterocycles. The first-order valence-electron chi connectivity index (χ1n) is 7.78. The molecule has 3 rings (SSSR count). The monoisotopic (exact) mass is 345 g/mol. The SMILES string of the molecule is CC1COCCN1S(=O)(=O)c1ccccc1-c1ccc(C=O)cc1. The molecule has 5 nitrogen and oxygen atoms in total. The highest BCUT2D eigenvalue weighted by Gasteiger charge is 2.33. The lowest BCUT2D eigenvalue weighted by atomic mass is 10.0. The molecule has 0 aromatic heterocycles. The zero-order valence-corrected chi connectivity index (χ0v) is 14.2. The molecule has 0 aliphatic carbocycles. The van der Waals surface area contributed by atoms with Crippen molar-refractivity contribution in [2.24, 2.45) is 0 Å².